The molecular weight excluding hydrogens is 348 g/mol. The van der Waals surface area contributed by atoms with Crippen molar-refractivity contribution in [3.63, 3.8) is 0 Å². The maximum Gasteiger partial charge on any atom is 0.251 e. The minimum absolute atomic E-state index is 0.00260. The first kappa shape index (κ1) is 15.2. The highest BCUT2D eigenvalue weighted by molar-refractivity contribution is 9.10. The fourth-order valence-electron chi connectivity index (χ4n) is 2.17. The number of hydrogen-bond acceptors (Lipinski definition) is 4. The molecule has 1 aromatic heterocycles. The summed E-state index contributed by atoms with van der Waals surface area (Å²) < 4.78 is 24.9. The van der Waals surface area contributed by atoms with E-state index in [1.54, 1.807) is 19.3 Å². The molecule has 0 radical (unpaired) electrons. The van der Waals surface area contributed by atoms with Crippen molar-refractivity contribution in [1.29, 1.82) is 0 Å². The second-order valence-electron chi connectivity index (χ2n) is 4.87. The Morgan fingerprint density at radius 3 is 2.80 bits per heavy atom. The van der Waals surface area contributed by atoms with E-state index in [4.69, 9.17) is 0 Å². The van der Waals surface area contributed by atoms with Gasteiger partial charge in [-0.15, -0.1) is 0 Å². The molecule has 2 rings (SSSR count). The monoisotopic (exact) mass is 362 g/mol. The fraction of sp³-hybridized carbons (Fsp3) is 0.500. The molecule has 6 nitrogen and oxygen atoms in total. The van der Waals surface area contributed by atoms with Crippen LogP contribution in [0.2, 0.25) is 0 Å². The van der Waals surface area contributed by atoms with E-state index in [1.807, 2.05) is 0 Å². The minimum Gasteiger partial charge on any atom is -0.340 e. The van der Waals surface area contributed by atoms with Crippen molar-refractivity contribution in [3.8, 4) is 0 Å². The molecule has 0 aliphatic carbocycles. The number of likely N-dealkylation sites (N-methyl/N-ethyl adjacent to an activating group) is 1. The van der Waals surface area contributed by atoms with Crippen LogP contribution in [0.25, 0.3) is 0 Å². The predicted molar refractivity (Wildman–Crippen MR) is 78.2 cm³/mol. The van der Waals surface area contributed by atoms with Crippen LogP contribution >= 0.6 is 15.9 Å². The molecule has 1 aliphatic heterocycles. The number of sulfone groups is 1. The number of halogens is 1. The number of nitrogens with zero attached hydrogens (tertiary/aromatic N) is 2. The summed E-state index contributed by atoms with van der Waals surface area (Å²) in [6.45, 7) is -0.0919. The van der Waals surface area contributed by atoms with Gasteiger partial charge in [-0.05, 0) is 28.4 Å². The van der Waals surface area contributed by atoms with Crippen LogP contribution in [0.4, 0.5) is 0 Å². The topological polar surface area (TPSA) is 76.5 Å². The van der Waals surface area contributed by atoms with E-state index >= 15 is 0 Å². The summed E-state index contributed by atoms with van der Waals surface area (Å²) in [5.41, 5.74) is -0.269. The lowest BCUT2D eigenvalue weighted by Crippen LogP contribution is -2.41. The lowest BCUT2D eigenvalue weighted by Gasteiger charge is -2.23. The van der Waals surface area contributed by atoms with E-state index in [9.17, 15) is 18.0 Å². The molecule has 1 atom stereocenters. The molecule has 20 heavy (non-hydrogen) atoms. The van der Waals surface area contributed by atoms with Crippen LogP contribution in [0.15, 0.2) is 27.6 Å². The van der Waals surface area contributed by atoms with Crippen LogP contribution in [0.1, 0.15) is 6.42 Å². The predicted octanol–water partition coefficient (Wildman–Crippen LogP) is 0.256. The van der Waals surface area contributed by atoms with Crippen molar-refractivity contribution in [2.24, 2.45) is 0 Å². The van der Waals surface area contributed by atoms with Gasteiger partial charge in [-0.2, -0.15) is 0 Å². The molecular formula is C12H15BrN2O4S. The van der Waals surface area contributed by atoms with E-state index in [-0.39, 0.29) is 35.6 Å². The third-order valence-corrected chi connectivity index (χ3v) is 5.62. The molecule has 1 amide bonds. The maximum absolute atomic E-state index is 12.1. The van der Waals surface area contributed by atoms with Gasteiger partial charge in [0.15, 0.2) is 9.84 Å². The zero-order valence-electron chi connectivity index (χ0n) is 11.0. The molecule has 0 saturated carbocycles. The highest BCUT2D eigenvalue weighted by atomic mass is 79.9. The smallest absolute Gasteiger partial charge is 0.251 e. The molecule has 0 spiro atoms. The second-order valence-corrected chi connectivity index (χ2v) is 8.02. The summed E-state index contributed by atoms with van der Waals surface area (Å²) in [7, 11) is -1.45. The average molecular weight is 363 g/mol. The SMILES string of the molecule is CN(C(=O)Cn1cc(Br)ccc1=O)C1CCS(=O)(=O)C1. The average Bonchev–Trinajstić information content (AvgIpc) is 2.73. The van der Waals surface area contributed by atoms with Gasteiger partial charge in [0.1, 0.15) is 6.54 Å². The standard InChI is InChI=1S/C12H15BrN2O4S/c1-14(10-4-5-20(18,19)8-10)12(17)7-15-6-9(13)2-3-11(15)16/h2-3,6,10H,4-5,7-8H2,1H3. The van der Waals surface area contributed by atoms with Crippen LogP contribution in [-0.4, -0.2) is 48.4 Å². The van der Waals surface area contributed by atoms with Gasteiger partial charge in [-0.3, -0.25) is 9.59 Å². The van der Waals surface area contributed by atoms with Crippen LogP contribution in [0, 0.1) is 0 Å². The summed E-state index contributed by atoms with van der Waals surface area (Å²) in [5, 5.41) is 0. The zero-order chi connectivity index (χ0) is 14.9. The van der Waals surface area contributed by atoms with Gasteiger partial charge in [0, 0.05) is 29.8 Å². The van der Waals surface area contributed by atoms with E-state index < -0.39 is 9.84 Å². The third kappa shape index (κ3) is 3.49. The minimum atomic E-state index is -3.03. The van der Waals surface area contributed by atoms with Gasteiger partial charge in [0.05, 0.1) is 11.5 Å². The van der Waals surface area contributed by atoms with Crippen molar-refractivity contribution < 1.29 is 13.2 Å². The van der Waals surface area contributed by atoms with Gasteiger partial charge >= 0.3 is 0 Å². The molecule has 0 aromatic carbocycles. The Hall–Kier alpha value is -1.15. The molecule has 1 fully saturated rings. The van der Waals surface area contributed by atoms with Gasteiger partial charge < -0.3 is 9.47 Å². The van der Waals surface area contributed by atoms with E-state index in [0.717, 1.165) is 0 Å². The third-order valence-electron chi connectivity index (χ3n) is 3.40. The number of amides is 1. The molecule has 8 heteroatoms. The molecule has 0 bridgehead atoms. The number of hydrogen-bond donors (Lipinski definition) is 0. The van der Waals surface area contributed by atoms with Crippen molar-refractivity contribution in [1.82, 2.24) is 9.47 Å². The first-order valence-corrected chi connectivity index (χ1v) is 8.72. The number of pyridine rings is 1. The zero-order valence-corrected chi connectivity index (χ0v) is 13.4. The second kappa shape index (κ2) is 5.69. The first-order valence-electron chi connectivity index (χ1n) is 6.10. The number of rotatable bonds is 3. The van der Waals surface area contributed by atoms with E-state index in [1.165, 1.54) is 15.5 Å². The molecule has 110 valence electrons. The lowest BCUT2D eigenvalue weighted by atomic mass is 10.2. The largest absolute Gasteiger partial charge is 0.340 e. The van der Waals surface area contributed by atoms with Crippen LogP contribution in [0.5, 0.6) is 0 Å². The molecule has 1 aliphatic rings. The van der Waals surface area contributed by atoms with Crippen molar-refractivity contribution in [2.75, 3.05) is 18.6 Å². The maximum atomic E-state index is 12.1. The van der Waals surface area contributed by atoms with E-state index in [0.29, 0.717) is 10.9 Å². The van der Waals surface area contributed by atoms with E-state index in [2.05, 4.69) is 15.9 Å². The van der Waals surface area contributed by atoms with Gasteiger partial charge in [-0.1, -0.05) is 0 Å². The first-order chi connectivity index (χ1) is 9.28. The highest BCUT2D eigenvalue weighted by Crippen LogP contribution is 2.16. The van der Waals surface area contributed by atoms with Crippen molar-refractivity contribution in [2.45, 2.75) is 19.0 Å². The lowest BCUT2D eigenvalue weighted by molar-refractivity contribution is -0.132. The van der Waals surface area contributed by atoms with Crippen molar-refractivity contribution in [3.05, 3.63) is 33.2 Å². The molecule has 1 unspecified atom stereocenters. The molecule has 0 N–H and O–H groups in total. The Balaban J connectivity index is 2.08. The molecule has 1 saturated heterocycles. The summed E-state index contributed by atoms with van der Waals surface area (Å²) in [4.78, 5) is 25.2. The van der Waals surface area contributed by atoms with Crippen LogP contribution in [-0.2, 0) is 21.2 Å². The molecule has 2 heterocycles. The summed E-state index contributed by atoms with van der Waals surface area (Å²) in [6.07, 6.45) is 2.00. The van der Waals surface area contributed by atoms with Gasteiger partial charge in [0.25, 0.3) is 5.56 Å². The van der Waals surface area contributed by atoms with Crippen LogP contribution < -0.4 is 5.56 Å². The summed E-state index contributed by atoms with van der Waals surface area (Å²) in [5.74, 6) is -0.151. The number of aromatic nitrogens is 1. The van der Waals surface area contributed by atoms with Crippen molar-refractivity contribution >= 4 is 31.7 Å². The Morgan fingerprint density at radius 1 is 1.50 bits per heavy atom. The Bertz CT molecular complexity index is 683. The Morgan fingerprint density at radius 2 is 2.20 bits per heavy atom. The fourth-order valence-corrected chi connectivity index (χ4v) is 4.32. The van der Waals surface area contributed by atoms with Crippen LogP contribution in [0.3, 0.4) is 0 Å². The normalized spacial score (nSPS) is 20.8. The van der Waals surface area contributed by atoms with Gasteiger partial charge in [-0.25, -0.2) is 8.42 Å². The molecule has 1 aromatic rings. The summed E-state index contributed by atoms with van der Waals surface area (Å²) >= 11 is 3.24. The summed E-state index contributed by atoms with van der Waals surface area (Å²) in [6, 6.07) is 2.68. The van der Waals surface area contributed by atoms with Gasteiger partial charge in [0.2, 0.25) is 5.91 Å². The Labute approximate surface area is 125 Å². The quantitative estimate of drug-likeness (QED) is 0.772. The highest BCUT2D eigenvalue weighted by Gasteiger charge is 2.32. The number of carbonyl (C=O) groups excluding carboxylic acids is 1. The Kier molecular flexibility index (Phi) is 4.33. The number of carbonyl (C=O) groups is 1.